The third-order valence-corrected chi connectivity index (χ3v) is 7.58. The Bertz CT molecular complexity index is 1600. The van der Waals surface area contributed by atoms with E-state index in [1.54, 1.807) is 4.90 Å². The Hall–Kier alpha value is -4.25. The molecule has 0 aliphatic carbocycles. The molecule has 0 unspecified atom stereocenters. The van der Waals surface area contributed by atoms with Gasteiger partial charge in [-0.3, -0.25) is 0 Å². The lowest BCUT2D eigenvalue weighted by molar-refractivity contribution is -0.0840. The van der Waals surface area contributed by atoms with E-state index in [9.17, 15) is 13.6 Å². The number of hydrogen-bond acceptors (Lipinski definition) is 8. The van der Waals surface area contributed by atoms with Crippen molar-refractivity contribution in [3.63, 3.8) is 0 Å². The highest BCUT2D eigenvalue weighted by Crippen LogP contribution is 2.32. The van der Waals surface area contributed by atoms with Gasteiger partial charge < -0.3 is 19.3 Å². The molecule has 2 aliphatic heterocycles. The number of benzene rings is 2. The summed E-state index contributed by atoms with van der Waals surface area (Å²) in [4.78, 5) is 34.9. The summed E-state index contributed by atoms with van der Waals surface area (Å²) in [5.41, 5.74) is 3.38. The molecule has 0 spiro atoms. The standard InChI is InChI=1S/C30H30F2N6O3/c1-17-12-37(15-25(41-17)21-13-38(14-21)30(39)40-16-20-7-5-4-6-8-20)29-35-26(23-10-9-22(31)11-24(23)32)27-28(36-29)34-19(3)18(2)33-27/h4-11,17,21,25H,12-16H2,1-3H3/t17-,25-/m0/s1. The lowest BCUT2D eigenvalue weighted by Gasteiger charge is -2.47. The second-order valence-corrected chi connectivity index (χ2v) is 10.7. The third-order valence-electron chi connectivity index (χ3n) is 7.58. The number of aryl methyl sites for hydroxylation is 2. The molecule has 0 bridgehead atoms. The number of likely N-dealkylation sites (tertiary alicyclic amines) is 1. The van der Waals surface area contributed by atoms with Crippen LogP contribution in [0, 0.1) is 31.4 Å². The van der Waals surface area contributed by atoms with Crippen molar-refractivity contribution in [3.05, 3.63) is 77.1 Å². The van der Waals surface area contributed by atoms with Gasteiger partial charge >= 0.3 is 6.09 Å². The zero-order valence-corrected chi connectivity index (χ0v) is 23.1. The van der Waals surface area contributed by atoms with Gasteiger partial charge in [-0.2, -0.15) is 4.98 Å². The van der Waals surface area contributed by atoms with Crippen LogP contribution in [-0.4, -0.2) is 69.3 Å². The highest BCUT2D eigenvalue weighted by molar-refractivity contribution is 5.88. The van der Waals surface area contributed by atoms with Crippen molar-refractivity contribution in [2.45, 2.75) is 39.6 Å². The van der Waals surface area contributed by atoms with E-state index < -0.39 is 11.6 Å². The van der Waals surface area contributed by atoms with Crippen LogP contribution in [0.3, 0.4) is 0 Å². The zero-order chi connectivity index (χ0) is 28.7. The van der Waals surface area contributed by atoms with Crippen molar-refractivity contribution in [2.24, 2.45) is 5.92 Å². The lowest BCUT2D eigenvalue weighted by atomic mass is 9.92. The van der Waals surface area contributed by atoms with Gasteiger partial charge in [0, 0.05) is 43.7 Å². The topological polar surface area (TPSA) is 93.6 Å². The van der Waals surface area contributed by atoms with Gasteiger partial charge in [0.15, 0.2) is 5.65 Å². The Morgan fingerprint density at radius 2 is 1.73 bits per heavy atom. The van der Waals surface area contributed by atoms with Gasteiger partial charge in [-0.15, -0.1) is 0 Å². The van der Waals surface area contributed by atoms with E-state index in [4.69, 9.17) is 19.4 Å². The van der Waals surface area contributed by atoms with Crippen molar-refractivity contribution in [1.29, 1.82) is 0 Å². The number of ether oxygens (including phenoxy) is 2. The maximum atomic E-state index is 14.9. The van der Waals surface area contributed by atoms with Gasteiger partial charge in [0.25, 0.3) is 0 Å². The predicted molar refractivity (Wildman–Crippen MR) is 148 cm³/mol. The Morgan fingerprint density at radius 1 is 0.976 bits per heavy atom. The molecule has 9 nitrogen and oxygen atoms in total. The van der Waals surface area contributed by atoms with E-state index in [1.165, 1.54) is 12.1 Å². The molecular weight excluding hydrogens is 530 g/mol. The molecule has 212 valence electrons. The van der Waals surface area contributed by atoms with Crippen LogP contribution in [0.5, 0.6) is 0 Å². The maximum Gasteiger partial charge on any atom is 0.410 e. The quantitative estimate of drug-likeness (QED) is 0.342. The highest BCUT2D eigenvalue weighted by Gasteiger charge is 2.41. The molecule has 41 heavy (non-hydrogen) atoms. The number of aromatic nitrogens is 4. The molecule has 0 N–H and O–H groups in total. The smallest absolute Gasteiger partial charge is 0.410 e. The summed E-state index contributed by atoms with van der Waals surface area (Å²) < 4.78 is 40.4. The average Bonchev–Trinajstić information content (AvgIpc) is 2.92. The summed E-state index contributed by atoms with van der Waals surface area (Å²) in [5.74, 6) is -0.930. The first kappa shape index (κ1) is 26.9. The van der Waals surface area contributed by atoms with Gasteiger partial charge in [-0.1, -0.05) is 30.3 Å². The fourth-order valence-corrected chi connectivity index (χ4v) is 5.23. The second kappa shape index (κ2) is 11.0. The predicted octanol–water partition coefficient (Wildman–Crippen LogP) is 4.84. The second-order valence-electron chi connectivity index (χ2n) is 10.7. The molecule has 2 fully saturated rings. The number of morpholine rings is 1. The summed E-state index contributed by atoms with van der Waals surface area (Å²) in [7, 11) is 0. The monoisotopic (exact) mass is 560 g/mol. The van der Waals surface area contributed by atoms with Crippen LogP contribution >= 0.6 is 0 Å². The van der Waals surface area contributed by atoms with E-state index >= 15 is 0 Å². The van der Waals surface area contributed by atoms with Gasteiger partial charge in [0.1, 0.15) is 29.5 Å². The van der Waals surface area contributed by atoms with Crippen LogP contribution < -0.4 is 4.90 Å². The van der Waals surface area contributed by atoms with E-state index in [0.717, 1.165) is 11.6 Å². The molecule has 0 radical (unpaired) electrons. The minimum absolute atomic E-state index is 0.115. The molecule has 4 aromatic rings. The van der Waals surface area contributed by atoms with Crippen molar-refractivity contribution >= 4 is 23.2 Å². The molecule has 2 aromatic carbocycles. The van der Waals surface area contributed by atoms with Gasteiger partial charge in [0.05, 0.1) is 23.6 Å². The van der Waals surface area contributed by atoms with Crippen molar-refractivity contribution < 1.29 is 23.0 Å². The summed E-state index contributed by atoms with van der Waals surface area (Å²) in [5, 5.41) is 0. The van der Waals surface area contributed by atoms with Crippen LogP contribution in [0.4, 0.5) is 19.5 Å². The van der Waals surface area contributed by atoms with Crippen LogP contribution in [-0.2, 0) is 16.1 Å². The van der Waals surface area contributed by atoms with E-state index in [2.05, 4.69) is 9.97 Å². The fourth-order valence-electron chi connectivity index (χ4n) is 5.23. The molecular formula is C30H30F2N6O3. The molecule has 2 saturated heterocycles. The molecule has 4 heterocycles. The minimum Gasteiger partial charge on any atom is -0.445 e. The Balaban J connectivity index is 1.22. The molecule has 2 atom stereocenters. The number of carbonyl (C=O) groups is 1. The Morgan fingerprint density at radius 3 is 2.49 bits per heavy atom. The Kier molecular flexibility index (Phi) is 7.21. The first-order chi connectivity index (χ1) is 19.7. The van der Waals surface area contributed by atoms with E-state index in [-0.39, 0.29) is 42.1 Å². The van der Waals surface area contributed by atoms with Gasteiger partial charge in [0.2, 0.25) is 5.95 Å². The third kappa shape index (κ3) is 5.54. The summed E-state index contributed by atoms with van der Waals surface area (Å²) >= 11 is 0. The number of carbonyl (C=O) groups excluding carboxylic acids is 1. The number of hydrogen-bond donors (Lipinski definition) is 0. The normalized spacial score (nSPS) is 19.3. The summed E-state index contributed by atoms with van der Waals surface area (Å²) in [6.07, 6.45) is -0.657. The number of nitrogens with zero attached hydrogens (tertiary/aromatic N) is 6. The first-order valence-electron chi connectivity index (χ1n) is 13.6. The molecule has 2 aromatic heterocycles. The minimum atomic E-state index is -0.738. The van der Waals surface area contributed by atoms with Crippen LogP contribution in [0.15, 0.2) is 48.5 Å². The highest BCUT2D eigenvalue weighted by atomic mass is 19.1. The van der Waals surface area contributed by atoms with Gasteiger partial charge in [-0.25, -0.2) is 28.5 Å². The lowest BCUT2D eigenvalue weighted by Crippen LogP contribution is -2.60. The summed E-state index contributed by atoms with van der Waals surface area (Å²) in [6.45, 7) is 7.89. The van der Waals surface area contributed by atoms with E-state index in [1.807, 2.05) is 56.0 Å². The van der Waals surface area contributed by atoms with Crippen molar-refractivity contribution in [3.8, 4) is 11.3 Å². The van der Waals surface area contributed by atoms with Crippen LogP contribution in [0.25, 0.3) is 22.4 Å². The van der Waals surface area contributed by atoms with Crippen LogP contribution in [0.2, 0.25) is 0 Å². The molecule has 11 heteroatoms. The largest absolute Gasteiger partial charge is 0.445 e. The van der Waals surface area contributed by atoms with Crippen LogP contribution in [0.1, 0.15) is 23.9 Å². The number of rotatable bonds is 5. The molecule has 2 aliphatic rings. The molecule has 1 amide bonds. The number of fused-ring (bicyclic) bond motifs is 1. The number of halogens is 2. The van der Waals surface area contributed by atoms with Crippen molar-refractivity contribution in [1.82, 2.24) is 24.8 Å². The molecule has 0 saturated carbocycles. The first-order valence-corrected chi connectivity index (χ1v) is 13.6. The Labute approximate surface area is 236 Å². The average molecular weight is 561 g/mol. The number of amides is 1. The molecule has 6 rings (SSSR count). The fraction of sp³-hybridized carbons (Fsp3) is 0.367. The van der Waals surface area contributed by atoms with E-state index in [0.29, 0.717) is 54.7 Å². The maximum absolute atomic E-state index is 14.9. The van der Waals surface area contributed by atoms with Crippen molar-refractivity contribution in [2.75, 3.05) is 31.1 Å². The SMILES string of the molecule is Cc1nc2nc(N3C[C@@H](C4CN(C(=O)OCc5ccccc5)C4)O[C@@H](C)C3)nc(-c3ccc(F)cc3F)c2nc1C. The summed E-state index contributed by atoms with van der Waals surface area (Å²) in [6, 6.07) is 12.9. The van der Waals surface area contributed by atoms with Gasteiger partial charge in [-0.05, 0) is 38.5 Å². The zero-order valence-electron chi connectivity index (χ0n) is 23.1. The number of anilines is 1.